The quantitative estimate of drug-likeness (QED) is 0.202. The van der Waals surface area contributed by atoms with Crippen LogP contribution in [0.4, 0.5) is 0 Å². The average Bonchev–Trinajstić information content (AvgIpc) is 2.74. The molecule has 35 heavy (non-hydrogen) atoms. The first-order valence-corrected chi connectivity index (χ1v) is 13.2. The van der Waals surface area contributed by atoms with Crippen molar-refractivity contribution in [3.63, 3.8) is 0 Å². The number of carboxylic acid groups (broad SMARTS) is 1. The molecule has 0 radical (unpaired) electrons. The molecule has 2 rings (SSSR count). The summed E-state index contributed by atoms with van der Waals surface area (Å²) in [7, 11) is 0. The van der Waals surface area contributed by atoms with Crippen molar-refractivity contribution < 1.29 is 29.0 Å². The van der Waals surface area contributed by atoms with Crippen LogP contribution in [-0.2, 0) is 23.9 Å². The Morgan fingerprint density at radius 1 is 1.23 bits per heavy atom. The number of rotatable bonds is 11. The lowest BCUT2D eigenvalue weighted by molar-refractivity contribution is -0.176. The summed E-state index contributed by atoms with van der Waals surface area (Å²) >= 11 is 0. The van der Waals surface area contributed by atoms with Crippen LogP contribution in [0.25, 0.3) is 0 Å². The highest BCUT2D eigenvalue weighted by atomic mass is 16.5. The minimum Gasteiger partial charge on any atom is -0.481 e. The van der Waals surface area contributed by atoms with Crippen LogP contribution in [0.1, 0.15) is 99.8 Å². The van der Waals surface area contributed by atoms with Crippen molar-refractivity contribution in [2.24, 2.45) is 28.6 Å². The third-order valence-corrected chi connectivity index (χ3v) is 8.78. The Balaban J connectivity index is 2.02. The first-order chi connectivity index (χ1) is 16.3. The van der Waals surface area contributed by atoms with E-state index in [1.165, 1.54) is 11.1 Å². The van der Waals surface area contributed by atoms with Gasteiger partial charge in [0.2, 0.25) is 0 Å². The molecule has 2 aliphatic carbocycles. The first kappa shape index (κ1) is 29.1. The molecule has 0 amide bonds. The van der Waals surface area contributed by atoms with Crippen LogP contribution in [0.5, 0.6) is 0 Å². The zero-order chi connectivity index (χ0) is 26.4. The topological polar surface area (TPSA) is 89.9 Å². The average molecular weight is 491 g/mol. The first-order valence-electron chi connectivity index (χ1n) is 13.2. The van der Waals surface area contributed by atoms with Crippen LogP contribution >= 0.6 is 0 Å². The number of esters is 2. The molecule has 5 atom stereocenters. The van der Waals surface area contributed by atoms with E-state index in [9.17, 15) is 14.4 Å². The molecule has 1 N–H and O–H groups in total. The Hall–Kier alpha value is -2.11. The van der Waals surface area contributed by atoms with Gasteiger partial charge in [-0.2, -0.15) is 0 Å². The molecular formula is C29H46O6. The highest BCUT2D eigenvalue weighted by molar-refractivity contribution is 5.90. The van der Waals surface area contributed by atoms with Crippen molar-refractivity contribution in [1.29, 1.82) is 0 Å². The number of carbonyl (C=O) groups excluding carboxylic acids is 2. The third-order valence-electron chi connectivity index (χ3n) is 8.78. The van der Waals surface area contributed by atoms with Gasteiger partial charge in [-0.3, -0.25) is 14.4 Å². The predicted octanol–water partition coefficient (Wildman–Crippen LogP) is 6.49. The van der Waals surface area contributed by atoms with Gasteiger partial charge >= 0.3 is 17.9 Å². The van der Waals surface area contributed by atoms with Crippen LogP contribution in [0.3, 0.4) is 0 Å². The van der Waals surface area contributed by atoms with Crippen LogP contribution < -0.4 is 0 Å². The molecule has 0 heterocycles. The number of carboxylic acids is 1. The molecule has 0 aromatic carbocycles. The van der Waals surface area contributed by atoms with E-state index in [1.807, 2.05) is 6.08 Å². The summed E-state index contributed by atoms with van der Waals surface area (Å²) in [6.07, 6.45) is 9.55. The van der Waals surface area contributed by atoms with E-state index >= 15 is 0 Å². The van der Waals surface area contributed by atoms with Gasteiger partial charge in [-0.25, -0.2) is 0 Å². The van der Waals surface area contributed by atoms with E-state index in [1.54, 1.807) is 0 Å². The second kappa shape index (κ2) is 12.2. The number of allylic oxidation sites excluding steroid dienone is 3. The van der Waals surface area contributed by atoms with Crippen molar-refractivity contribution in [2.75, 3.05) is 6.61 Å². The smallest absolute Gasteiger partial charge is 0.317 e. The fourth-order valence-electron chi connectivity index (χ4n) is 6.35. The van der Waals surface area contributed by atoms with Gasteiger partial charge in [0.05, 0.1) is 0 Å². The predicted molar refractivity (Wildman–Crippen MR) is 137 cm³/mol. The zero-order valence-electron chi connectivity index (χ0n) is 22.8. The molecule has 0 aromatic rings. The summed E-state index contributed by atoms with van der Waals surface area (Å²) in [4.78, 5) is 34.9. The van der Waals surface area contributed by atoms with Crippen molar-refractivity contribution in [1.82, 2.24) is 0 Å². The molecule has 0 aromatic heterocycles. The lowest BCUT2D eigenvalue weighted by atomic mass is 9.47. The van der Waals surface area contributed by atoms with Crippen LogP contribution in [0.15, 0.2) is 23.3 Å². The lowest BCUT2D eigenvalue weighted by Crippen LogP contribution is -2.55. The molecule has 0 saturated heterocycles. The van der Waals surface area contributed by atoms with E-state index in [0.717, 1.165) is 38.5 Å². The lowest BCUT2D eigenvalue weighted by Gasteiger charge is -2.59. The minimum atomic E-state index is -1.15. The van der Waals surface area contributed by atoms with E-state index in [2.05, 4.69) is 54.5 Å². The van der Waals surface area contributed by atoms with Crippen molar-refractivity contribution in [3.05, 3.63) is 23.3 Å². The number of aliphatic carboxylic acids is 1. The monoisotopic (exact) mass is 490 g/mol. The number of ether oxygens (including phenoxy) is 2. The number of hydrogen-bond donors (Lipinski definition) is 1. The summed E-state index contributed by atoms with van der Waals surface area (Å²) in [5, 5.41) is 8.93. The molecule has 198 valence electrons. The molecule has 0 unspecified atom stereocenters. The van der Waals surface area contributed by atoms with Crippen LogP contribution in [0.2, 0.25) is 0 Å². The minimum absolute atomic E-state index is 0.0844. The highest BCUT2D eigenvalue weighted by Crippen LogP contribution is 2.61. The van der Waals surface area contributed by atoms with Gasteiger partial charge < -0.3 is 14.6 Å². The number of fused-ring (bicyclic) bond motifs is 1. The Bertz CT molecular complexity index is 838. The second-order valence-corrected chi connectivity index (χ2v) is 11.7. The molecule has 6 nitrogen and oxygen atoms in total. The van der Waals surface area contributed by atoms with Crippen molar-refractivity contribution in [3.8, 4) is 0 Å². The van der Waals surface area contributed by atoms with E-state index in [4.69, 9.17) is 14.6 Å². The largest absolute Gasteiger partial charge is 0.481 e. The van der Waals surface area contributed by atoms with Gasteiger partial charge in [0, 0.05) is 11.8 Å². The maximum atomic E-state index is 12.1. The summed E-state index contributed by atoms with van der Waals surface area (Å²) < 4.78 is 11.1. The Kier molecular flexibility index (Phi) is 10.2. The van der Waals surface area contributed by atoms with Gasteiger partial charge in [0.1, 0.15) is 19.1 Å². The third kappa shape index (κ3) is 7.44. The van der Waals surface area contributed by atoms with E-state index in [-0.39, 0.29) is 22.9 Å². The van der Waals surface area contributed by atoms with Crippen LogP contribution in [0, 0.1) is 28.6 Å². The zero-order valence-corrected chi connectivity index (χ0v) is 22.8. The number of carbonyl (C=O) groups is 3. The molecule has 0 spiro atoms. The Morgan fingerprint density at radius 2 is 1.91 bits per heavy atom. The highest BCUT2D eigenvalue weighted by Gasteiger charge is 2.56. The van der Waals surface area contributed by atoms with Gasteiger partial charge in [-0.05, 0) is 75.2 Å². The molecule has 0 bridgehead atoms. The molecule has 0 aliphatic heterocycles. The molecule has 1 saturated carbocycles. The van der Waals surface area contributed by atoms with Crippen molar-refractivity contribution >= 4 is 17.9 Å². The summed E-state index contributed by atoms with van der Waals surface area (Å²) in [6, 6.07) is 0. The van der Waals surface area contributed by atoms with Gasteiger partial charge in [-0.15, -0.1) is 0 Å². The van der Waals surface area contributed by atoms with Gasteiger partial charge in [-0.1, -0.05) is 58.3 Å². The van der Waals surface area contributed by atoms with Gasteiger partial charge in [0.15, 0.2) is 0 Å². The second-order valence-electron chi connectivity index (χ2n) is 11.7. The summed E-state index contributed by atoms with van der Waals surface area (Å²) in [6.45, 7) is 15.5. The Labute approximate surface area is 211 Å². The van der Waals surface area contributed by atoms with Crippen molar-refractivity contribution in [2.45, 2.75) is 106 Å². The molecule has 2 aliphatic rings. The fourth-order valence-corrected chi connectivity index (χ4v) is 6.35. The van der Waals surface area contributed by atoms with Gasteiger partial charge in [0.25, 0.3) is 0 Å². The SMILES string of the molecule is CC[C@H](C)CC(=O)OC/C=C(\C)CC[C@@H]1C(C)=CC[C@@H]2C(C)(C)[C@@H](OC(=O)CC(=O)O)CC[C@@]12C. The molecule has 6 heteroatoms. The normalized spacial score (nSPS) is 28.9. The summed E-state index contributed by atoms with van der Waals surface area (Å²) in [5.74, 6) is -0.823. The van der Waals surface area contributed by atoms with E-state index in [0.29, 0.717) is 30.8 Å². The molecule has 1 fully saturated rings. The molecular weight excluding hydrogens is 444 g/mol. The van der Waals surface area contributed by atoms with Crippen LogP contribution in [-0.4, -0.2) is 35.7 Å². The standard InChI is InChI=1S/C29H46O6/c1-8-19(2)17-26(32)34-16-14-20(3)9-11-22-21(4)10-12-23-28(5,6)24(13-15-29(22,23)7)35-27(33)18-25(30)31/h10,14,19,22-24H,8-9,11-13,15-18H2,1-7H3,(H,30,31)/b20-14+/t19-,22+,23+,24-,29-/m0/s1. The Morgan fingerprint density at radius 3 is 2.54 bits per heavy atom. The number of hydrogen-bond acceptors (Lipinski definition) is 5. The fraction of sp³-hybridized carbons (Fsp3) is 0.759. The van der Waals surface area contributed by atoms with E-state index < -0.39 is 18.4 Å². The summed E-state index contributed by atoms with van der Waals surface area (Å²) in [5.41, 5.74) is 2.50. The maximum Gasteiger partial charge on any atom is 0.317 e. The maximum absolute atomic E-state index is 12.1.